The molecule has 0 amide bonds. The van der Waals surface area contributed by atoms with Gasteiger partial charge in [-0.2, -0.15) is 0 Å². The van der Waals surface area contributed by atoms with E-state index in [4.69, 9.17) is 4.98 Å². The molecular weight excluding hydrogens is 340 g/mol. The fourth-order valence-corrected chi connectivity index (χ4v) is 3.57. The molecule has 2 nitrogen and oxygen atoms in total. The Bertz CT molecular complexity index is 885. The third-order valence-corrected chi connectivity index (χ3v) is 4.99. The summed E-state index contributed by atoms with van der Waals surface area (Å²) in [5, 5.41) is 0. The van der Waals surface area contributed by atoms with Crippen molar-refractivity contribution < 1.29 is 0 Å². The number of rotatable bonds is 3. The van der Waals surface area contributed by atoms with Crippen molar-refractivity contribution in [3.05, 3.63) is 71.0 Å². The summed E-state index contributed by atoms with van der Waals surface area (Å²) in [7, 11) is 0. The van der Waals surface area contributed by atoms with Crippen molar-refractivity contribution in [2.45, 2.75) is 73.6 Å². The zero-order valence-corrected chi connectivity index (χ0v) is 18.9. The van der Waals surface area contributed by atoms with E-state index in [9.17, 15) is 0 Å². The monoisotopic (exact) mass is 376 g/mol. The van der Waals surface area contributed by atoms with Crippen LogP contribution in [-0.2, 0) is 5.41 Å². The highest BCUT2D eigenvalue weighted by Crippen LogP contribution is 2.34. The van der Waals surface area contributed by atoms with E-state index >= 15 is 0 Å². The van der Waals surface area contributed by atoms with Crippen molar-refractivity contribution in [2.24, 2.45) is 0 Å². The maximum atomic E-state index is 4.70. The van der Waals surface area contributed by atoms with Crippen LogP contribution < -0.4 is 0 Å². The highest BCUT2D eigenvalue weighted by molar-refractivity contribution is 5.66. The summed E-state index contributed by atoms with van der Waals surface area (Å²) < 4.78 is 2.23. The van der Waals surface area contributed by atoms with Crippen LogP contribution in [0.2, 0.25) is 0 Å². The molecule has 0 saturated heterocycles. The van der Waals surface area contributed by atoms with Gasteiger partial charge in [0.2, 0.25) is 0 Å². The molecule has 0 aliphatic carbocycles. The van der Waals surface area contributed by atoms with Crippen LogP contribution in [0, 0.1) is 20.8 Å². The van der Waals surface area contributed by atoms with Crippen molar-refractivity contribution in [1.29, 1.82) is 0 Å². The van der Waals surface area contributed by atoms with Crippen molar-refractivity contribution in [3.8, 4) is 17.1 Å². The molecule has 1 heterocycles. The summed E-state index contributed by atoms with van der Waals surface area (Å²) in [6.07, 6.45) is 6.60. The van der Waals surface area contributed by atoms with E-state index in [1.165, 1.54) is 46.3 Å². The molecule has 0 saturated carbocycles. The number of aryl methyl sites for hydroxylation is 3. The minimum absolute atomic E-state index is 0.0741. The first kappa shape index (κ1) is 21.9. The van der Waals surface area contributed by atoms with Crippen LogP contribution in [0.1, 0.15) is 69.7 Å². The quantitative estimate of drug-likeness (QED) is 0.461. The molecule has 2 aromatic carbocycles. The molecule has 0 N–H and O–H groups in total. The van der Waals surface area contributed by atoms with Gasteiger partial charge in [0.15, 0.2) is 0 Å². The smallest absolute Gasteiger partial charge is 0.144 e. The maximum Gasteiger partial charge on any atom is 0.144 e. The second-order valence-corrected chi connectivity index (χ2v) is 8.66. The molecule has 3 aromatic rings. The third kappa shape index (κ3) is 4.92. The van der Waals surface area contributed by atoms with Crippen molar-refractivity contribution >= 4 is 0 Å². The van der Waals surface area contributed by atoms with E-state index in [0.29, 0.717) is 0 Å². The van der Waals surface area contributed by atoms with E-state index in [1.807, 2.05) is 6.20 Å². The van der Waals surface area contributed by atoms with Gasteiger partial charge in [0.1, 0.15) is 5.82 Å². The summed E-state index contributed by atoms with van der Waals surface area (Å²) in [5.74, 6) is 1.01. The highest BCUT2D eigenvalue weighted by Gasteiger charge is 2.21. The number of hydrogen-bond donors (Lipinski definition) is 0. The van der Waals surface area contributed by atoms with Crippen LogP contribution >= 0.6 is 0 Å². The molecule has 0 fully saturated rings. The molecule has 0 radical (unpaired) electrons. The van der Waals surface area contributed by atoms with Crippen LogP contribution in [0.4, 0.5) is 0 Å². The fourth-order valence-electron chi connectivity index (χ4n) is 3.57. The van der Waals surface area contributed by atoms with Crippen LogP contribution in [0.5, 0.6) is 0 Å². The Morgan fingerprint density at radius 1 is 0.893 bits per heavy atom. The van der Waals surface area contributed by atoms with E-state index in [0.717, 1.165) is 5.82 Å². The van der Waals surface area contributed by atoms with Crippen LogP contribution in [0.25, 0.3) is 17.1 Å². The van der Waals surface area contributed by atoms with Crippen LogP contribution in [0.3, 0.4) is 0 Å². The highest BCUT2D eigenvalue weighted by atomic mass is 15.1. The summed E-state index contributed by atoms with van der Waals surface area (Å²) in [6.45, 7) is 17.6. The number of benzene rings is 2. The molecular formula is C26H36N2. The molecule has 0 aliphatic heterocycles. The Morgan fingerprint density at radius 3 is 2.00 bits per heavy atom. The largest absolute Gasteiger partial charge is 0.299 e. The standard InChI is InChI=1S/C22H26N2.C4H10/c1-15-13-16(2)20(17(3)14-15)24-12-11-23-21(24)18-9-7-8-10-19(18)22(4,5)6;1-3-4-2/h7-14H,1-6H3;3-4H2,1-2H3. The number of aromatic nitrogens is 2. The molecule has 0 aliphatic rings. The molecule has 150 valence electrons. The average Bonchev–Trinajstić information content (AvgIpc) is 3.09. The minimum Gasteiger partial charge on any atom is -0.299 e. The van der Waals surface area contributed by atoms with Crippen molar-refractivity contribution in [3.63, 3.8) is 0 Å². The van der Waals surface area contributed by atoms with E-state index in [2.05, 4.69) is 103 Å². The average molecular weight is 377 g/mol. The number of hydrogen-bond acceptors (Lipinski definition) is 1. The molecule has 0 atom stereocenters. The lowest BCUT2D eigenvalue weighted by atomic mass is 9.83. The summed E-state index contributed by atoms with van der Waals surface area (Å²) in [4.78, 5) is 4.70. The lowest BCUT2D eigenvalue weighted by Gasteiger charge is -2.23. The fraction of sp³-hybridized carbons (Fsp3) is 0.423. The number of unbranched alkanes of at least 4 members (excludes halogenated alkanes) is 1. The molecule has 3 rings (SSSR count). The van der Waals surface area contributed by atoms with Gasteiger partial charge in [-0.3, -0.25) is 4.57 Å². The van der Waals surface area contributed by atoms with Crippen LogP contribution in [-0.4, -0.2) is 9.55 Å². The molecule has 0 bridgehead atoms. The van der Waals surface area contributed by atoms with Crippen molar-refractivity contribution in [1.82, 2.24) is 9.55 Å². The zero-order valence-electron chi connectivity index (χ0n) is 18.9. The SMILES string of the molecule is CCCC.Cc1cc(C)c(-n2ccnc2-c2ccccc2C(C)(C)C)c(C)c1. The summed E-state index contributed by atoms with van der Waals surface area (Å²) >= 11 is 0. The predicted octanol–water partition coefficient (Wildman–Crippen LogP) is 7.57. The van der Waals surface area contributed by atoms with E-state index in [1.54, 1.807) is 0 Å². The third-order valence-electron chi connectivity index (χ3n) is 4.99. The Balaban J connectivity index is 0.000000640. The van der Waals surface area contributed by atoms with Crippen LogP contribution in [0.15, 0.2) is 48.8 Å². The van der Waals surface area contributed by atoms with Gasteiger partial charge < -0.3 is 0 Å². The zero-order chi connectivity index (χ0) is 20.9. The summed E-state index contributed by atoms with van der Waals surface area (Å²) in [5.41, 5.74) is 7.68. The van der Waals surface area contributed by atoms with E-state index in [-0.39, 0.29) is 5.41 Å². The molecule has 0 spiro atoms. The Kier molecular flexibility index (Phi) is 7.23. The van der Waals surface area contributed by atoms with Gasteiger partial charge in [0.25, 0.3) is 0 Å². The second-order valence-electron chi connectivity index (χ2n) is 8.66. The first-order chi connectivity index (χ1) is 13.2. The molecule has 0 unspecified atom stereocenters. The Labute approximate surface area is 171 Å². The molecule has 28 heavy (non-hydrogen) atoms. The normalized spacial score (nSPS) is 11.1. The Morgan fingerprint density at radius 2 is 1.46 bits per heavy atom. The maximum absolute atomic E-state index is 4.70. The lowest BCUT2D eigenvalue weighted by Crippen LogP contribution is -2.14. The van der Waals surface area contributed by atoms with Gasteiger partial charge in [-0.15, -0.1) is 0 Å². The van der Waals surface area contributed by atoms with Crippen molar-refractivity contribution in [2.75, 3.05) is 0 Å². The van der Waals surface area contributed by atoms with E-state index < -0.39 is 0 Å². The lowest BCUT2D eigenvalue weighted by molar-refractivity contribution is 0.591. The Hall–Kier alpha value is -2.35. The number of imidazole rings is 1. The van der Waals surface area contributed by atoms with Gasteiger partial charge in [-0.05, 0) is 42.9 Å². The van der Waals surface area contributed by atoms with Gasteiger partial charge in [0, 0.05) is 18.0 Å². The van der Waals surface area contributed by atoms with Gasteiger partial charge >= 0.3 is 0 Å². The van der Waals surface area contributed by atoms with Gasteiger partial charge in [0.05, 0.1) is 5.69 Å². The minimum atomic E-state index is 0.0741. The first-order valence-corrected chi connectivity index (χ1v) is 10.4. The topological polar surface area (TPSA) is 17.8 Å². The summed E-state index contributed by atoms with van der Waals surface area (Å²) in [6, 6.07) is 13.1. The molecule has 2 heteroatoms. The van der Waals surface area contributed by atoms with Gasteiger partial charge in [-0.25, -0.2) is 4.98 Å². The second kappa shape index (κ2) is 9.23. The predicted molar refractivity (Wildman–Crippen MR) is 122 cm³/mol. The molecule has 1 aromatic heterocycles. The number of nitrogens with zero attached hydrogens (tertiary/aromatic N) is 2. The van der Waals surface area contributed by atoms with Gasteiger partial charge in [-0.1, -0.05) is 89.4 Å². The first-order valence-electron chi connectivity index (χ1n) is 10.4.